The fraction of sp³-hybridized carbons (Fsp3) is 0.818. The zero-order chi connectivity index (χ0) is 12.6. The number of rotatable bonds is 7. The van der Waals surface area contributed by atoms with Gasteiger partial charge in [-0.05, 0) is 6.42 Å². The van der Waals surface area contributed by atoms with Crippen LogP contribution in [-0.2, 0) is 23.8 Å². The molecular weight excluding hydrogens is 212 g/mol. The summed E-state index contributed by atoms with van der Waals surface area (Å²) in [6, 6.07) is 0. The van der Waals surface area contributed by atoms with Gasteiger partial charge in [-0.3, -0.25) is 4.79 Å². The van der Waals surface area contributed by atoms with Crippen LogP contribution in [0.15, 0.2) is 0 Å². The van der Waals surface area contributed by atoms with Crippen LogP contribution in [0.25, 0.3) is 0 Å². The van der Waals surface area contributed by atoms with Crippen LogP contribution in [-0.4, -0.2) is 38.9 Å². The molecule has 0 N–H and O–H groups in total. The van der Waals surface area contributed by atoms with Crippen LogP contribution in [0, 0.1) is 5.92 Å². The highest BCUT2D eigenvalue weighted by Crippen LogP contribution is 2.13. The Bertz CT molecular complexity index is 226. The summed E-state index contributed by atoms with van der Waals surface area (Å²) in [5.74, 6) is -1.02. The minimum absolute atomic E-state index is 0.0565. The van der Waals surface area contributed by atoms with E-state index >= 15 is 0 Å². The number of hydrogen-bond acceptors (Lipinski definition) is 5. The van der Waals surface area contributed by atoms with Gasteiger partial charge in [0, 0.05) is 13.0 Å². The second-order valence-electron chi connectivity index (χ2n) is 3.56. The summed E-state index contributed by atoms with van der Waals surface area (Å²) in [6.45, 7) is 4.04. The summed E-state index contributed by atoms with van der Waals surface area (Å²) in [4.78, 5) is 22.7. The van der Waals surface area contributed by atoms with E-state index in [1.807, 2.05) is 13.8 Å². The minimum atomic E-state index is -0.820. The maximum absolute atomic E-state index is 11.4. The first kappa shape index (κ1) is 14.9. The third-order valence-corrected chi connectivity index (χ3v) is 2.36. The Morgan fingerprint density at radius 2 is 1.88 bits per heavy atom. The van der Waals surface area contributed by atoms with Crippen LogP contribution in [0.1, 0.15) is 26.7 Å². The number of carbonyl (C=O) groups excluding carboxylic acids is 2. The van der Waals surface area contributed by atoms with Gasteiger partial charge < -0.3 is 14.2 Å². The van der Waals surface area contributed by atoms with Crippen molar-refractivity contribution in [1.82, 2.24) is 0 Å². The molecule has 2 unspecified atom stereocenters. The van der Waals surface area contributed by atoms with Crippen molar-refractivity contribution in [2.45, 2.75) is 32.8 Å². The van der Waals surface area contributed by atoms with E-state index < -0.39 is 18.0 Å². The zero-order valence-corrected chi connectivity index (χ0v) is 10.3. The van der Waals surface area contributed by atoms with Crippen LogP contribution < -0.4 is 0 Å². The van der Waals surface area contributed by atoms with Gasteiger partial charge in [-0.15, -0.1) is 0 Å². The molecule has 2 atom stereocenters. The Hall–Kier alpha value is -1.10. The molecule has 5 heteroatoms. The van der Waals surface area contributed by atoms with Crippen LogP contribution >= 0.6 is 0 Å². The molecule has 5 nitrogen and oxygen atoms in total. The first-order valence-electron chi connectivity index (χ1n) is 5.33. The maximum Gasteiger partial charge on any atom is 0.347 e. The van der Waals surface area contributed by atoms with Crippen LogP contribution in [0.2, 0.25) is 0 Å². The summed E-state index contributed by atoms with van der Waals surface area (Å²) in [7, 11) is 2.78. The van der Waals surface area contributed by atoms with Gasteiger partial charge in [-0.2, -0.15) is 0 Å². The predicted octanol–water partition coefficient (Wildman–Crippen LogP) is 1.15. The van der Waals surface area contributed by atoms with E-state index in [9.17, 15) is 9.59 Å². The van der Waals surface area contributed by atoms with E-state index in [4.69, 9.17) is 9.47 Å². The average molecular weight is 232 g/mol. The summed E-state index contributed by atoms with van der Waals surface area (Å²) in [6.07, 6.45) is 0.0527. The molecule has 0 radical (unpaired) electrons. The van der Waals surface area contributed by atoms with Gasteiger partial charge >= 0.3 is 11.9 Å². The molecule has 0 saturated heterocycles. The van der Waals surface area contributed by atoms with Crippen molar-refractivity contribution in [2.75, 3.05) is 20.8 Å². The Morgan fingerprint density at radius 3 is 2.31 bits per heavy atom. The highest BCUT2D eigenvalue weighted by Gasteiger charge is 2.28. The standard InChI is InChI=1S/C11H20O5/c1-5-8(2)10(11(13)15-4)16-9(12)6-7-14-3/h8,10H,5-7H2,1-4H3. The van der Waals surface area contributed by atoms with Gasteiger partial charge in [0.25, 0.3) is 0 Å². The largest absolute Gasteiger partial charge is 0.466 e. The minimum Gasteiger partial charge on any atom is -0.466 e. The van der Waals surface area contributed by atoms with E-state index in [2.05, 4.69) is 4.74 Å². The van der Waals surface area contributed by atoms with E-state index in [1.54, 1.807) is 0 Å². The van der Waals surface area contributed by atoms with Gasteiger partial charge in [0.1, 0.15) is 0 Å². The van der Waals surface area contributed by atoms with E-state index in [-0.39, 0.29) is 18.9 Å². The number of methoxy groups -OCH3 is 2. The van der Waals surface area contributed by atoms with E-state index in [1.165, 1.54) is 14.2 Å². The molecule has 0 heterocycles. The van der Waals surface area contributed by atoms with Gasteiger partial charge in [0.2, 0.25) is 6.10 Å². The lowest BCUT2D eigenvalue weighted by Gasteiger charge is -2.20. The summed E-state index contributed by atoms with van der Waals surface area (Å²) in [5.41, 5.74) is 0. The summed E-state index contributed by atoms with van der Waals surface area (Å²) < 4.78 is 14.4. The molecular formula is C11H20O5. The Labute approximate surface area is 96.1 Å². The fourth-order valence-electron chi connectivity index (χ4n) is 1.11. The molecule has 0 bridgehead atoms. The molecule has 0 amide bonds. The predicted molar refractivity (Wildman–Crippen MR) is 57.8 cm³/mol. The topological polar surface area (TPSA) is 61.8 Å². The number of esters is 2. The molecule has 0 aromatic heterocycles. The third-order valence-electron chi connectivity index (χ3n) is 2.36. The third kappa shape index (κ3) is 5.11. The van der Waals surface area contributed by atoms with Gasteiger partial charge in [0.05, 0.1) is 20.1 Å². The normalized spacial score (nSPS) is 14.0. The lowest BCUT2D eigenvalue weighted by molar-refractivity contribution is -0.170. The van der Waals surface area contributed by atoms with Crippen molar-refractivity contribution in [2.24, 2.45) is 5.92 Å². The van der Waals surface area contributed by atoms with Crippen LogP contribution in [0.3, 0.4) is 0 Å². The van der Waals surface area contributed by atoms with Crippen molar-refractivity contribution in [3.05, 3.63) is 0 Å². The maximum atomic E-state index is 11.4. The molecule has 0 aliphatic rings. The second kappa shape index (κ2) is 8.10. The van der Waals surface area contributed by atoms with Crippen LogP contribution in [0.4, 0.5) is 0 Å². The molecule has 0 aliphatic heterocycles. The molecule has 0 rings (SSSR count). The highest BCUT2D eigenvalue weighted by molar-refractivity contribution is 5.79. The zero-order valence-electron chi connectivity index (χ0n) is 10.3. The van der Waals surface area contributed by atoms with Crippen molar-refractivity contribution in [1.29, 1.82) is 0 Å². The molecule has 94 valence electrons. The fourth-order valence-corrected chi connectivity index (χ4v) is 1.11. The molecule has 0 fully saturated rings. The van der Waals surface area contributed by atoms with Gasteiger partial charge in [0.15, 0.2) is 0 Å². The monoisotopic (exact) mass is 232 g/mol. The van der Waals surface area contributed by atoms with Gasteiger partial charge in [-0.1, -0.05) is 13.8 Å². The van der Waals surface area contributed by atoms with Crippen molar-refractivity contribution in [3.63, 3.8) is 0 Å². The van der Waals surface area contributed by atoms with Crippen LogP contribution in [0.5, 0.6) is 0 Å². The average Bonchev–Trinajstić information content (AvgIpc) is 2.31. The van der Waals surface area contributed by atoms with E-state index in [0.717, 1.165) is 6.42 Å². The molecule has 0 spiro atoms. The quantitative estimate of drug-likeness (QED) is 0.616. The number of ether oxygens (including phenoxy) is 3. The SMILES string of the molecule is CCC(C)C(OC(=O)CCOC)C(=O)OC. The van der Waals surface area contributed by atoms with E-state index in [0.29, 0.717) is 0 Å². The Morgan fingerprint density at radius 1 is 1.25 bits per heavy atom. The lowest BCUT2D eigenvalue weighted by atomic mass is 10.0. The Kier molecular flexibility index (Phi) is 7.54. The van der Waals surface area contributed by atoms with Crippen molar-refractivity contribution < 1.29 is 23.8 Å². The van der Waals surface area contributed by atoms with Gasteiger partial charge in [-0.25, -0.2) is 4.79 Å². The second-order valence-corrected chi connectivity index (χ2v) is 3.56. The summed E-state index contributed by atoms with van der Waals surface area (Å²) in [5, 5.41) is 0. The highest BCUT2D eigenvalue weighted by atomic mass is 16.6. The Balaban J connectivity index is 4.31. The van der Waals surface area contributed by atoms with Crippen molar-refractivity contribution in [3.8, 4) is 0 Å². The molecule has 0 aromatic rings. The first-order chi connectivity index (χ1) is 7.56. The smallest absolute Gasteiger partial charge is 0.347 e. The molecule has 0 aliphatic carbocycles. The molecule has 0 aromatic carbocycles. The first-order valence-corrected chi connectivity index (χ1v) is 5.33. The molecule has 0 saturated carbocycles. The van der Waals surface area contributed by atoms with Crippen molar-refractivity contribution >= 4 is 11.9 Å². The number of carbonyl (C=O) groups is 2. The lowest BCUT2D eigenvalue weighted by Crippen LogP contribution is -2.34. The molecule has 16 heavy (non-hydrogen) atoms. The summed E-state index contributed by atoms with van der Waals surface area (Å²) >= 11 is 0. The number of hydrogen-bond donors (Lipinski definition) is 0.